The Morgan fingerprint density at radius 3 is 2.16 bits per heavy atom. The first-order valence-electron chi connectivity index (χ1n) is 7.22. The first-order chi connectivity index (χ1) is 9.02. The Labute approximate surface area is 115 Å². The molecule has 0 aliphatic carbocycles. The van der Waals surface area contributed by atoms with Crippen LogP contribution in [0.2, 0.25) is 0 Å². The van der Waals surface area contributed by atoms with E-state index in [4.69, 9.17) is 5.73 Å². The number of carbonyl (C=O) groups excluding carboxylic acids is 1. The van der Waals surface area contributed by atoms with Crippen LogP contribution in [0, 0.1) is 5.41 Å². The van der Waals surface area contributed by atoms with Crippen molar-refractivity contribution in [1.82, 2.24) is 5.32 Å². The minimum absolute atomic E-state index is 0.0553. The second-order valence-electron chi connectivity index (χ2n) is 5.02. The summed E-state index contributed by atoms with van der Waals surface area (Å²) in [5, 5.41) is 12.0. The highest BCUT2D eigenvalue weighted by Crippen LogP contribution is 2.25. The highest BCUT2D eigenvalue weighted by Gasteiger charge is 2.34. The summed E-state index contributed by atoms with van der Waals surface area (Å²) in [4.78, 5) is 22.9. The van der Waals surface area contributed by atoms with Gasteiger partial charge < -0.3 is 16.2 Å². The van der Waals surface area contributed by atoms with Crippen molar-refractivity contribution < 1.29 is 14.7 Å². The molecule has 0 atom stereocenters. The van der Waals surface area contributed by atoms with Crippen LogP contribution in [0.3, 0.4) is 0 Å². The van der Waals surface area contributed by atoms with E-state index in [1.54, 1.807) is 0 Å². The van der Waals surface area contributed by atoms with Crippen molar-refractivity contribution >= 4 is 11.9 Å². The number of hydrogen-bond donors (Lipinski definition) is 3. The Balaban J connectivity index is 3.96. The molecule has 0 aromatic heterocycles. The van der Waals surface area contributed by atoms with Gasteiger partial charge in [-0.05, 0) is 32.2 Å². The van der Waals surface area contributed by atoms with E-state index in [9.17, 15) is 14.7 Å². The summed E-state index contributed by atoms with van der Waals surface area (Å²) >= 11 is 0. The van der Waals surface area contributed by atoms with Crippen molar-refractivity contribution in [3.63, 3.8) is 0 Å². The maximum atomic E-state index is 11.6. The average molecular weight is 272 g/mol. The highest BCUT2D eigenvalue weighted by molar-refractivity contribution is 5.79. The molecule has 0 aliphatic heterocycles. The summed E-state index contributed by atoms with van der Waals surface area (Å²) in [7, 11) is 0. The fourth-order valence-corrected chi connectivity index (χ4v) is 2.02. The van der Waals surface area contributed by atoms with Gasteiger partial charge in [0.25, 0.3) is 0 Å². The summed E-state index contributed by atoms with van der Waals surface area (Å²) in [6, 6.07) is 0. The number of aliphatic carboxylic acids is 1. The van der Waals surface area contributed by atoms with Crippen molar-refractivity contribution in [2.75, 3.05) is 13.1 Å². The third-order valence-electron chi connectivity index (χ3n) is 3.79. The lowest BCUT2D eigenvalue weighted by atomic mass is 9.82. The van der Waals surface area contributed by atoms with Crippen LogP contribution in [0.15, 0.2) is 0 Å². The number of rotatable bonds is 11. The van der Waals surface area contributed by atoms with Crippen molar-refractivity contribution in [2.45, 2.75) is 58.8 Å². The van der Waals surface area contributed by atoms with Crippen LogP contribution in [-0.4, -0.2) is 30.1 Å². The predicted molar refractivity (Wildman–Crippen MR) is 75.8 cm³/mol. The van der Waals surface area contributed by atoms with Crippen LogP contribution < -0.4 is 11.1 Å². The van der Waals surface area contributed by atoms with E-state index in [1.165, 1.54) is 0 Å². The number of carboxylic acid groups (broad SMARTS) is 1. The SMILES string of the molecule is CCC(CC)(CNC(=O)CCCCCCN)C(=O)O. The van der Waals surface area contributed by atoms with Crippen molar-refractivity contribution in [3.8, 4) is 0 Å². The molecule has 0 aliphatic rings. The monoisotopic (exact) mass is 272 g/mol. The second-order valence-corrected chi connectivity index (χ2v) is 5.02. The van der Waals surface area contributed by atoms with Gasteiger partial charge in [-0.1, -0.05) is 26.7 Å². The van der Waals surface area contributed by atoms with Gasteiger partial charge in [-0.3, -0.25) is 9.59 Å². The van der Waals surface area contributed by atoms with E-state index < -0.39 is 11.4 Å². The van der Waals surface area contributed by atoms with Crippen LogP contribution in [0.25, 0.3) is 0 Å². The number of hydrogen-bond acceptors (Lipinski definition) is 3. The lowest BCUT2D eigenvalue weighted by molar-refractivity contribution is -0.149. The van der Waals surface area contributed by atoms with E-state index in [-0.39, 0.29) is 12.5 Å². The Kier molecular flexibility index (Phi) is 9.21. The predicted octanol–water partition coefficient (Wildman–Crippen LogP) is 1.90. The minimum atomic E-state index is -0.833. The number of amides is 1. The normalized spacial score (nSPS) is 11.3. The Morgan fingerprint density at radius 1 is 1.11 bits per heavy atom. The maximum absolute atomic E-state index is 11.6. The Hall–Kier alpha value is -1.10. The number of carboxylic acids is 1. The third kappa shape index (κ3) is 6.57. The smallest absolute Gasteiger partial charge is 0.311 e. The minimum Gasteiger partial charge on any atom is -0.481 e. The topological polar surface area (TPSA) is 92.4 Å². The van der Waals surface area contributed by atoms with E-state index in [1.807, 2.05) is 13.8 Å². The lowest BCUT2D eigenvalue weighted by Gasteiger charge is -2.26. The molecule has 5 nitrogen and oxygen atoms in total. The number of unbranched alkanes of at least 4 members (excludes halogenated alkanes) is 3. The molecule has 0 rings (SSSR count). The lowest BCUT2D eigenvalue weighted by Crippen LogP contribution is -2.42. The van der Waals surface area contributed by atoms with E-state index in [0.717, 1.165) is 25.7 Å². The molecule has 0 unspecified atom stereocenters. The fraction of sp³-hybridized carbons (Fsp3) is 0.857. The van der Waals surface area contributed by atoms with Crippen molar-refractivity contribution in [2.24, 2.45) is 11.1 Å². The molecule has 0 saturated heterocycles. The summed E-state index contributed by atoms with van der Waals surface area (Å²) in [5.74, 6) is -0.888. The van der Waals surface area contributed by atoms with Gasteiger partial charge in [0.1, 0.15) is 0 Å². The average Bonchev–Trinajstić information content (AvgIpc) is 2.40. The number of carbonyl (C=O) groups is 2. The zero-order valence-corrected chi connectivity index (χ0v) is 12.2. The molecule has 0 spiro atoms. The third-order valence-corrected chi connectivity index (χ3v) is 3.79. The van der Waals surface area contributed by atoms with Gasteiger partial charge in [0.15, 0.2) is 0 Å². The molecule has 19 heavy (non-hydrogen) atoms. The molecule has 0 aromatic rings. The summed E-state index contributed by atoms with van der Waals surface area (Å²) in [6.07, 6.45) is 5.39. The first kappa shape index (κ1) is 17.9. The van der Waals surface area contributed by atoms with Gasteiger partial charge in [0.2, 0.25) is 5.91 Å². The van der Waals surface area contributed by atoms with Gasteiger partial charge in [-0.25, -0.2) is 0 Å². The Morgan fingerprint density at radius 2 is 1.68 bits per heavy atom. The fourth-order valence-electron chi connectivity index (χ4n) is 2.02. The summed E-state index contributed by atoms with van der Waals surface area (Å²) in [5.41, 5.74) is 4.57. The molecule has 4 N–H and O–H groups in total. The number of nitrogens with two attached hydrogens (primary N) is 1. The second kappa shape index (κ2) is 9.78. The molecule has 112 valence electrons. The van der Waals surface area contributed by atoms with E-state index >= 15 is 0 Å². The molecule has 0 aromatic carbocycles. The zero-order chi connectivity index (χ0) is 14.7. The van der Waals surface area contributed by atoms with E-state index in [0.29, 0.717) is 25.8 Å². The standard InChI is InChI=1S/C14H28N2O3/c1-3-14(4-2,13(18)19)11-16-12(17)9-7-5-6-8-10-15/h3-11,15H2,1-2H3,(H,16,17)(H,18,19). The van der Waals surface area contributed by atoms with Crippen molar-refractivity contribution in [1.29, 1.82) is 0 Å². The molecule has 0 saturated carbocycles. The molecule has 5 heteroatoms. The first-order valence-corrected chi connectivity index (χ1v) is 7.22. The van der Waals surface area contributed by atoms with Gasteiger partial charge in [0.05, 0.1) is 5.41 Å². The van der Waals surface area contributed by atoms with Crippen molar-refractivity contribution in [3.05, 3.63) is 0 Å². The van der Waals surface area contributed by atoms with Crippen LogP contribution in [0.5, 0.6) is 0 Å². The quantitative estimate of drug-likeness (QED) is 0.501. The molecule has 1 amide bonds. The largest absolute Gasteiger partial charge is 0.481 e. The molecular weight excluding hydrogens is 244 g/mol. The number of nitrogens with one attached hydrogen (secondary N) is 1. The summed E-state index contributed by atoms with van der Waals surface area (Å²) in [6.45, 7) is 4.60. The molecule has 0 radical (unpaired) electrons. The molecular formula is C14H28N2O3. The molecule has 0 fully saturated rings. The van der Waals surface area contributed by atoms with Crippen LogP contribution in [0.1, 0.15) is 58.8 Å². The Bertz CT molecular complexity index is 276. The van der Waals surface area contributed by atoms with Crippen LogP contribution in [0.4, 0.5) is 0 Å². The van der Waals surface area contributed by atoms with Gasteiger partial charge in [-0.15, -0.1) is 0 Å². The van der Waals surface area contributed by atoms with Gasteiger partial charge in [0, 0.05) is 13.0 Å². The van der Waals surface area contributed by atoms with Crippen LogP contribution in [-0.2, 0) is 9.59 Å². The maximum Gasteiger partial charge on any atom is 0.311 e. The molecule has 0 bridgehead atoms. The molecule has 0 heterocycles. The van der Waals surface area contributed by atoms with E-state index in [2.05, 4.69) is 5.32 Å². The highest BCUT2D eigenvalue weighted by atomic mass is 16.4. The zero-order valence-electron chi connectivity index (χ0n) is 12.2. The van der Waals surface area contributed by atoms with Crippen LogP contribution >= 0.6 is 0 Å². The summed E-state index contributed by atoms with van der Waals surface area (Å²) < 4.78 is 0. The van der Waals surface area contributed by atoms with Gasteiger partial charge >= 0.3 is 5.97 Å². The van der Waals surface area contributed by atoms with Gasteiger partial charge in [-0.2, -0.15) is 0 Å².